The van der Waals surface area contributed by atoms with E-state index < -0.39 is 8.03 Å². The van der Waals surface area contributed by atoms with E-state index in [1.165, 1.54) is 0 Å². The standard InChI is InChI=1S/C10H13ClO4P2/c1-3-14-7-5-6-8(16-11)10(17(12)13)9(7)15-4-2/h5-6,16H,3-4H2,1-2H3. The molecule has 0 fully saturated rings. The smallest absolute Gasteiger partial charge is 0.353 e. The van der Waals surface area contributed by atoms with E-state index in [1.807, 2.05) is 6.92 Å². The summed E-state index contributed by atoms with van der Waals surface area (Å²) in [6, 6.07) is 3.33. The Balaban J connectivity index is 3.35. The molecular formula is C10H13ClO4P2. The van der Waals surface area contributed by atoms with E-state index in [0.717, 1.165) is 0 Å². The minimum absolute atomic E-state index is 0.126. The minimum atomic E-state index is -2.76. The molecular weight excluding hydrogens is 282 g/mol. The van der Waals surface area contributed by atoms with E-state index in [-0.39, 0.29) is 19.0 Å². The van der Waals surface area contributed by atoms with E-state index in [2.05, 4.69) is 0 Å². The fraction of sp³-hybridized carbons (Fsp3) is 0.400. The molecule has 0 saturated carbocycles. The summed E-state index contributed by atoms with van der Waals surface area (Å²) in [5, 5.41) is 0.677. The Morgan fingerprint density at radius 2 is 2.00 bits per heavy atom. The van der Waals surface area contributed by atoms with Crippen LogP contribution in [0.15, 0.2) is 12.1 Å². The highest BCUT2D eigenvalue weighted by Gasteiger charge is 2.25. The number of halogens is 1. The molecule has 7 heteroatoms. The Morgan fingerprint density at radius 3 is 2.47 bits per heavy atom. The van der Waals surface area contributed by atoms with Gasteiger partial charge < -0.3 is 14.4 Å². The maximum atomic E-state index is 11.3. The first-order chi connectivity index (χ1) is 8.15. The molecule has 2 atom stereocenters. The molecule has 2 unspecified atom stereocenters. The van der Waals surface area contributed by atoms with Gasteiger partial charge in [-0.3, -0.25) is 0 Å². The average Bonchev–Trinajstić information content (AvgIpc) is 2.31. The number of hydrogen-bond donors (Lipinski definition) is 0. The SMILES string of the molecule is CCOc1ccc(PCl)c([P+](=O)[O-])c1OCC. The fourth-order valence-corrected chi connectivity index (χ4v) is 3.44. The van der Waals surface area contributed by atoms with Crippen LogP contribution in [0.1, 0.15) is 13.8 Å². The molecule has 0 bridgehead atoms. The number of rotatable bonds is 6. The first-order valence-corrected chi connectivity index (χ1v) is 8.28. The quantitative estimate of drug-likeness (QED) is 0.749. The summed E-state index contributed by atoms with van der Waals surface area (Å²) in [4.78, 5) is 11.3. The lowest BCUT2D eigenvalue weighted by Gasteiger charge is -2.12. The third kappa shape index (κ3) is 3.53. The first kappa shape index (κ1) is 14.7. The number of hydrogen-bond acceptors (Lipinski definition) is 4. The molecule has 1 aromatic carbocycles. The zero-order valence-electron chi connectivity index (χ0n) is 9.53. The molecule has 17 heavy (non-hydrogen) atoms. The zero-order chi connectivity index (χ0) is 12.8. The van der Waals surface area contributed by atoms with Crippen LogP contribution < -0.4 is 25.0 Å². The van der Waals surface area contributed by atoms with Crippen LogP contribution in [0.3, 0.4) is 0 Å². The molecule has 0 aromatic heterocycles. The van der Waals surface area contributed by atoms with E-state index in [9.17, 15) is 9.46 Å². The van der Waals surface area contributed by atoms with Gasteiger partial charge in [0.1, 0.15) is 0 Å². The molecule has 1 rings (SSSR count). The molecule has 0 aliphatic carbocycles. The van der Waals surface area contributed by atoms with Gasteiger partial charge in [-0.25, -0.2) is 0 Å². The van der Waals surface area contributed by atoms with Crippen LogP contribution in [-0.2, 0) is 4.57 Å². The van der Waals surface area contributed by atoms with Gasteiger partial charge >= 0.3 is 8.03 Å². The molecule has 94 valence electrons. The Kier molecular flexibility index (Phi) is 6.15. The van der Waals surface area contributed by atoms with Crippen LogP contribution in [0, 0.1) is 0 Å². The molecule has 0 spiro atoms. The van der Waals surface area contributed by atoms with E-state index in [1.54, 1.807) is 19.1 Å². The summed E-state index contributed by atoms with van der Waals surface area (Å²) in [6.45, 7) is 4.42. The second-order valence-corrected chi connectivity index (χ2v) is 5.26. The van der Waals surface area contributed by atoms with Gasteiger partial charge in [-0.2, -0.15) is 0 Å². The number of benzene rings is 1. The maximum Gasteiger partial charge on any atom is 0.353 e. The normalized spacial score (nSPS) is 11.9. The van der Waals surface area contributed by atoms with Gasteiger partial charge in [0, 0.05) is 13.2 Å². The molecule has 0 N–H and O–H groups in total. The van der Waals surface area contributed by atoms with Crippen molar-refractivity contribution in [3.05, 3.63) is 12.1 Å². The van der Waals surface area contributed by atoms with Crippen LogP contribution in [0.4, 0.5) is 0 Å². The van der Waals surface area contributed by atoms with Crippen LogP contribution in [0.5, 0.6) is 11.5 Å². The van der Waals surface area contributed by atoms with E-state index in [0.29, 0.717) is 24.3 Å². The third-order valence-corrected chi connectivity index (χ3v) is 4.22. The Bertz CT molecular complexity index is 412. The zero-order valence-corrected chi connectivity index (χ0v) is 12.2. The third-order valence-electron chi connectivity index (χ3n) is 1.97. The monoisotopic (exact) mass is 294 g/mol. The van der Waals surface area contributed by atoms with Crippen LogP contribution >= 0.6 is 27.2 Å². The van der Waals surface area contributed by atoms with Gasteiger partial charge in [0.05, 0.1) is 13.2 Å². The van der Waals surface area contributed by atoms with Crippen molar-refractivity contribution in [2.45, 2.75) is 13.8 Å². The lowest BCUT2D eigenvalue weighted by Crippen LogP contribution is -2.23. The van der Waals surface area contributed by atoms with E-state index in [4.69, 9.17) is 20.7 Å². The molecule has 0 heterocycles. The van der Waals surface area contributed by atoms with Crippen molar-refractivity contribution in [1.82, 2.24) is 0 Å². The van der Waals surface area contributed by atoms with Gasteiger partial charge in [0.15, 0.2) is 5.75 Å². The Hall–Kier alpha value is -0.400. The summed E-state index contributed by atoms with van der Waals surface area (Å²) >= 11 is 5.74. The summed E-state index contributed by atoms with van der Waals surface area (Å²) in [5.74, 6) is 0.693. The minimum Gasteiger partial charge on any atom is -0.591 e. The van der Waals surface area contributed by atoms with Crippen molar-refractivity contribution in [2.75, 3.05) is 13.2 Å². The number of ether oxygens (including phenoxy) is 2. The molecule has 0 aliphatic rings. The van der Waals surface area contributed by atoms with Crippen LogP contribution in [0.25, 0.3) is 0 Å². The Morgan fingerprint density at radius 1 is 1.35 bits per heavy atom. The second-order valence-electron chi connectivity index (χ2n) is 3.01. The second kappa shape index (κ2) is 7.13. The molecule has 0 aliphatic heterocycles. The van der Waals surface area contributed by atoms with Crippen molar-refractivity contribution in [1.29, 1.82) is 0 Å². The van der Waals surface area contributed by atoms with Gasteiger partial charge in [-0.1, -0.05) is 15.8 Å². The molecule has 4 nitrogen and oxygen atoms in total. The van der Waals surface area contributed by atoms with Crippen molar-refractivity contribution >= 4 is 37.8 Å². The Labute approximate surface area is 108 Å². The van der Waals surface area contributed by atoms with E-state index >= 15 is 0 Å². The first-order valence-electron chi connectivity index (χ1n) is 5.09. The van der Waals surface area contributed by atoms with Crippen molar-refractivity contribution < 1.29 is 18.9 Å². The highest BCUT2D eigenvalue weighted by molar-refractivity contribution is 7.76. The molecule has 1 aromatic rings. The summed E-state index contributed by atoms with van der Waals surface area (Å²) in [6.07, 6.45) is 0. The summed E-state index contributed by atoms with van der Waals surface area (Å²) in [5.41, 5.74) is 0. The summed E-state index contributed by atoms with van der Waals surface area (Å²) in [7, 11) is -2.89. The predicted molar refractivity (Wildman–Crippen MR) is 69.8 cm³/mol. The topological polar surface area (TPSA) is 58.6 Å². The molecule has 0 radical (unpaired) electrons. The largest absolute Gasteiger partial charge is 0.591 e. The lowest BCUT2D eigenvalue weighted by atomic mass is 10.3. The lowest BCUT2D eigenvalue weighted by molar-refractivity contribution is -0.160. The fourth-order valence-electron chi connectivity index (χ4n) is 1.36. The van der Waals surface area contributed by atoms with Gasteiger partial charge in [0.25, 0.3) is 0 Å². The van der Waals surface area contributed by atoms with Gasteiger partial charge in [-0.05, 0) is 26.0 Å². The molecule has 0 saturated heterocycles. The van der Waals surface area contributed by atoms with Gasteiger partial charge in [0.2, 0.25) is 11.1 Å². The van der Waals surface area contributed by atoms with Crippen LogP contribution in [0.2, 0.25) is 0 Å². The summed E-state index contributed by atoms with van der Waals surface area (Å²) < 4.78 is 22.0. The maximum absolute atomic E-state index is 11.3. The van der Waals surface area contributed by atoms with Crippen LogP contribution in [-0.4, -0.2) is 13.2 Å². The van der Waals surface area contributed by atoms with Crippen molar-refractivity contribution in [2.24, 2.45) is 0 Å². The predicted octanol–water partition coefficient (Wildman–Crippen LogP) is 1.67. The average molecular weight is 295 g/mol. The van der Waals surface area contributed by atoms with Crippen molar-refractivity contribution in [3.8, 4) is 11.5 Å². The van der Waals surface area contributed by atoms with Gasteiger partial charge in [-0.15, -0.1) is 0 Å². The van der Waals surface area contributed by atoms with Crippen molar-refractivity contribution in [3.63, 3.8) is 0 Å². The molecule has 0 amide bonds. The highest BCUT2D eigenvalue weighted by Crippen LogP contribution is 2.32. The highest BCUT2D eigenvalue weighted by atomic mass is 35.7.